The van der Waals surface area contributed by atoms with Crippen LogP contribution in [0.25, 0.3) is 0 Å². The number of aryl methyl sites for hydroxylation is 2. The Morgan fingerprint density at radius 2 is 2.08 bits per heavy atom. The van der Waals surface area contributed by atoms with Crippen LogP contribution < -0.4 is 5.32 Å². The lowest BCUT2D eigenvalue weighted by Crippen LogP contribution is -2.52. The molecule has 2 aromatic rings. The first-order chi connectivity index (χ1) is 12.6. The molecule has 2 aliphatic rings. The van der Waals surface area contributed by atoms with Gasteiger partial charge in [-0.1, -0.05) is 12.1 Å². The number of nitrogens with one attached hydrogen (secondary N) is 1. The normalized spacial score (nSPS) is 19.7. The van der Waals surface area contributed by atoms with Gasteiger partial charge in [0.05, 0.1) is 5.56 Å². The number of fused-ring (bicyclic) bond motifs is 1. The van der Waals surface area contributed by atoms with Gasteiger partial charge in [-0.15, -0.1) is 0 Å². The molecular formula is C20H20FN3O2. The zero-order valence-electron chi connectivity index (χ0n) is 14.4. The Hall–Kier alpha value is -2.76. The molecule has 1 atom stereocenters. The molecule has 1 aromatic heterocycles. The van der Waals surface area contributed by atoms with E-state index in [1.165, 1.54) is 17.0 Å². The van der Waals surface area contributed by atoms with E-state index in [0.29, 0.717) is 24.2 Å². The molecule has 26 heavy (non-hydrogen) atoms. The summed E-state index contributed by atoms with van der Waals surface area (Å²) in [5.74, 6) is -0.958. The van der Waals surface area contributed by atoms with Crippen molar-refractivity contribution in [1.29, 1.82) is 0 Å². The summed E-state index contributed by atoms with van der Waals surface area (Å²) >= 11 is 0. The first-order valence-electron chi connectivity index (χ1n) is 8.95. The second kappa shape index (κ2) is 6.86. The smallest absolute Gasteiger partial charge is 0.256 e. The molecule has 1 aromatic carbocycles. The summed E-state index contributed by atoms with van der Waals surface area (Å²) in [6, 6.07) is 6.92. The van der Waals surface area contributed by atoms with Crippen molar-refractivity contribution in [1.82, 2.24) is 15.2 Å². The Labute approximate surface area is 151 Å². The number of benzene rings is 1. The fourth-order valence-corrected chi connectivity index (χ4v) is 3.76. The van der Waals surface area contributed by atoms with Crippen LogP contribution in [-0.2, 0) is 17.6 Å². The molecule has 6 heteroatoms. The van der Waals surface area contributed by atoms with Gasteiger partial charge in [-0.05, 0) is 55.0 Å². The second-order valence-electron chi connectivity index (χ2n) is 6.78. The van der Waals surface area contributed by atoms with Crippen LogP contribution in [0.15, 0.2) is 36.5 Å². The Morgan fingerprint density at radius 3 is 2.92 bits per heavy atom. The Bertz CT molecular complexity index is 868. The Morgan fingerprint density at radius 1 is 1.23 bits per heavy atom. The summed E-state index contributed by atoms with van der Waals surface area (Å²) in [4.78, 5) is 31.5. The lowest BCUT2D eigenvalue weighted by Gasteiger charge is -2.35. The van der Waals surface area contributed by atoms with E-state index in [0.717, 1.165) is 36.9 Å². The van der Waals surface area contributed by atoms with Gasteiger partial charge in [-0.25, -0.2) is 4.39 Å². The van der Waals surface area contributed by atoms with Crippen LogP contribution in [0, 0.1) is 5.82 Å². The van der Waals surface area contributed by atoms with Crippen LogP contribution in [0.3, 0.4) is 0 Å². The minimum Gasteiger partial charge on any atom is -0.352 e. The third kappa shape index (κ3) is 3.07. The quantitative estimate of drug-likeness (QED) is 0.902. The summed E-state index contributed by atoms with van der Waals surface area (Å²) < 4.78 is 13.6. The second-order valence-corrected chi connectivity index (χ2v) is 6.78. The number of rotatable bonds is 2. The van der Waals surface area contributed by atoms with E-state index in [4.69, 9.17) is 0 Å². The maximum Gasteiger partial charge on any atom is 0.256 e. The van der Waals surface area contributed by atoms with Crippen molar-refractivity contribution in [2.45, 2.75) is 31.7 Å². The fraction of sp³-hybridized carbons (Fsp3) is 0.350. The zero-order chi connectivity index (χ0) is 18.1. The molecule has 0 unspecified atom stereocenters. The van der Waals surface area contributed by atoms with Crippen molar-refractivity contribution in [3.8, 4) is 0 Å². The number of carbonyl (C=O) groups excluding carboxylic acids is 2. The molecule has 0 bridgehead atoms. The maximum absolute atomic E-state index is 13.6. The van der Waals surface area contributed by atoms with E-state index >= 15 is 0 Å². The number of amides is 2. The standard InChI is InChI=1S/C20H20FN3O2/c21-16-6-3-5-14(11-16)18-19(25)22-8-9-24(18)20(26)15-10-13-4-1-2-7-17(13)23-12-15/h3,5-6,10-12,18H,1-2,4,7-9H2,(H,22,25)/t18-/m0/s1. The summed E-state index contributed by atoms with van der Waals surface area (Å²) in [6.07, 6.45) is 5.70. The molecule has 0 spiro atoms. The molecule has 0 radical (unpaired) electrons. The molecule has 1 aliphatic carbocycles. The van der Waals surface area contributed by atoms with Crippen molar-refractivity contribution >= 4 is 11.8 Å². The minimum absolute atomic E-state index is 0.241. The summed E-state index contributed by atoms with van der Waals surface area (Å²) in [5, 5.41) is 2.77. The van der Waals surface area contributed by atoms with Gasteiger partial charge in [0.1, 0.15) is 11.9 Å². The highest BCUT2D eigenvalue weighted by molar-refractivity contribution is 5.98. The van der Waals surface area contributed by atoms with Crippen molar-refractivity contribution in [2.75, 3.05) is 13.1 Å². The molecule has 2 heterocycles. The Kier molecular flexibility index (Phi) is 4.41. The summed E-state index contributed by atoms with van der Waals surface area (Å²) in [6.45, 7) is 0.762. The van der Waals surface area contributed by atoms with E-state index in [2.05, 4.69) is 10.3 Å². The van der Waals surface area contributed by atoms with Crippen LogP contribution in [0.1, 0.15) is 46.1 Å². The molecule has 2 amide bonds. The number of piperazine rings is 1. The highest BCUT2D eigenvalue weighted by Crippen LogP contribution is 2.27. The van der Waals surface area contributed by atoms with E-state index in [-0.39, 0.29) is 11.8 Å². The zero-order valence-corrected chi connectivity index (χ0v) is 14.4. The van der Waals surface area contributed by atoms with E-state index < -0.39 is 11.9 Å². The first-order valence-corrected chi connectivity index (χ1v) is 8.95. The van der Waals surface area contributed by atoms with Crippen LogP contribution >= 0.6 is 0 Å². The van der Waals surface area contributed by atoms with Gasteiger partial charge in [-0.3, -0.25) is 14.6 Å². The monoisotopic (exact) mass is 353 g/mol. The first kappa shape index (κ1) is 16.7. The molecule has 134 valence electrons. The average Bonchev–Trinajstić information content (AvgIpc) is 2.67. The van der Waals surface area contributed by atoms with E-state index in [1.807, 2.05) is 6.07 Å². The number of pyridine rings is 1. The average molecular weight is 353 g/mol. The molecule has 0 saturated carbocycles. The topological polar surface area (TPSA) is 62.3 Å². The number of carbonyl (C=O) groups is 2. The summed E-state index contributed by atoms with van der Waals surface area (Å²) in [7, 11) is 0. The van der Waals surface area contributed by atoms with Crippen molar-refractivity contribution < 1.29 is 14.0 Å². The van der Waals surface area contributed by atoms with Gasteiger partial charge in [0.25, 0.3) is 5.91 Å². The summed E-state index contributed by atoms with van der Waals surface area (Å²) in [5.41, 5.74) is 3.14. The predicted octanol–water partition coefficient (Wildman–Crippen LogP) is 2.41. The van der Waals surface area contributed by atoms with E-state index in [1.54, 1.807) is 18.3 Å². The highest BCUT2D eigenvalue weighted by Gasteiger charge is 2.35. The van der Waals surface area contributed by atoms with Gasteiger partial charge in [0.15, 0.2) is 0 Å². The maximum atomic E-state index is 13.6. The number of hydrogen-bond acceptors (Lipinski definition) is 3. The number of halogens is 1. The van der Waals surface area contributed by atoms with Gasteiger partial charge in [-0.2, -0.15) is 0 Å². The van der Waals surface area contributed by atoms with Gasteiger partial charge < -0.3 is 10.2 Å². The molecule has 1 fully saturated rings. The lowest BCUT2D eigenvalue weighted by molar-refractivity contribution is -0.128. The molecule has 1 N–H and O–H groups in total. The molecular weight excluding hydrogens is 333 g/mol. The SMILES string of the molecule is O=C1NCCN(C(=O)c2cnc3c(c2)CCCC3)[C@H]1c1cccc(F)c1. The number of aromatic nitrogens is 1. The Balaban J connectivity index is 1.67. The van der Waals surface area contributed by atoms with Gasteiger partial charge >= 0.3 is 0 Å². The van der Waals surface area contributed by atoms with Gasteiger partial charge in [0, 0.05) is 25.0 Å². The molecule has 1 saturated heterocycles. The van der Waals surface area contributed by atoms with E-state index in [9.17, 15) is 14.0 Å². The van der Waals surface area contributed by atoms with Crippen LogP contribution in [0.2, 0.25) is 0 Å². The van der Waals surface area contributed by atoms with Crippen LogP contribution in [0.4, 0.5) is 4.39 Å². The highest BCUT2D eigenvalue weighted by atomic mass is 19.1. The van der Waals surface area contributed by atoms with Crippen molar-refractivity contribution in [3.05, 3.63) is 64.7 Å². The van der Waals surface area contributed by atoms with Crippen LogP contribution in [0.5, 0.6) is 0 Å². The van der Waals surface area contributed by atoms with Crippen molar-refractivity contribution in [2.24, 2.45) is 0 Å². The van der Waals surface area contributed by atoms with Crippen LogP contribution in [-0.4, -0.2) is 34.8 Å². The third-order valence-corrected chi connectivity index (χ3v) is 5.05. The van der Waals surface area contributed by atoms with Crippen molar-refractivity contribution in [3.63, 3.8) is 0 Å². The fourth-order valence-electron chi connectivity index (χ4n) is 3.76. The number of hydrogen-bond donors (Lipinski definition) is 1. The predicted molar refractivity (Wildman–Crippen MR) is 94.1 cm³/mol. The molecule has 5 nitrogen and oxygen atoms in total. The number of nitrogens with zero attached hydrogens (tertiary/aromatic N) is 2. The molecule has 4 rings (SSSR count). The molecule has 1 aliphatic heterocycles. The minimum atomic E-state index is -0.831. The lowest BCUT2D eigenvalue weighted by atomic mass is 9.94. The largest absolute Gasteiger partial charge is 0.352 e. The third-order valence-electron chi connectivity index (χ3n) is 5.05. The van der Waals surface area contributed by atoms with Gasteiger partial charge in [0.2, 0.25) is 5.91 Å².